The molecule has 0 radical (unpaired) electrons. The van der Waals surface area contributed by atoms with E-state index in [-0.39, 0.29) is 24.0 Å². The summed E-state index contributed by atoms with van der Waals surface area (Å²) in [5.74, 6) is 0.930. The number of guanidine groups is 1. The summed E-state index contributed by atoms with van der Waals surface area (Å²) in [6.07, 6.45) is 2.24. The van der Waals surface area contributed by atoms with Gasteiger partial charge in [0, 0.05) is 57.5 Å². The van der Waals surface area contributed by atoms with E-state index in [0.29, 0.717) is 6.04 Å². The lowest BCUT2D eigenvalue weighted by molar-refractivity contribution is 0.0377. The molecule has 0 spiro atoms. The Morgan fingerprint density at radius 1 is 1.18 bits per heavy atom. The number of benzene rings is 1. The highest BCUT2D eigenvalue weighted by atomic mass is 127. The van der Waals surface area contributed by atoms with Crippen molar-refractivity contribution >= 4 is 35.6 Å². The van der Waals surface area contributed by atoms with E-state index in [1.807, 2.05) is 0 Å². The molecule has 2 aliphatic rings. The molecule has 0 amide bonds. The number of anilines is 1. The largest absolute Gasteiger partial charge is 0.379 e. The number of nitrogens with one attached hydrogen (secondary N) is 2. The lowest BCUT2D eigenvalue weighted by Crippen LogP contribution is -2.43. The third kappa shape index (κ3) is 6.77. The number of aliphatic imine (C=N–C) groups is 1. The van der Waals surface area contributed by atoms with E-state index in [0.717, 1.165) is 77.8 Å². The molecule has 1 aromatic rings. The average molecular weight is 501 g/mol. The molecule has 0 aromatic heterocycles. The van der Waals surface area contributed by atoms with Gasteiger partial charge in [-0.1, -0.05) is 18.2 Å². The second kappa shape index (κ2) is 12.5. The fourth-order valence-electron chi connectivity index (χ4n) is 3.92. The van der Waals surface area contributed by atoms with E-state index in [4.69, 9.17) is 9.73 Å². The molecular formula is C21H36IN5O. The van der Waals surface area contributed by atoms with Crippen molar-refractivity contribution in [3.05, 3.63) is 29.8 Å². The van der Waals surface area contributed by atoms with Gasteiger partial charge in [0.25, 0.3) is 0 Å². The monoisotopic (exact) mass is 501 g/mol. The van der Waals surface area contributed by atoms with E-state index in [9.17, 15) is 0 Å². The van der Waals surface area contributed by atoms with E-state index in [1.54, 1.807) is 0 Å². The molecule has 3 rings (SSSR count). The second-order valence-electron chi connectivity index (χ2n) is 7.37. The number of para-hydroxylation sites is 1. The van der Waals surface area contributed by atoms with Gasteiger partial charge in [0.1, 0.15) is 0 Å². The van der Waals surface area contributed by atoms with Gasteiger partial charge in [0.15, 0.2) is 5.96 Å². The molecule has 1 unspecified atom stereocenters. The lowest BCUT2D eigenvalue weighted by Gasteiger charge is -2.26. The van der Waals surface area contributed by atoms with Gasteiger partial charge >= 0.3 is 0 Å². The summed E-state index contributed by atoms with van der Waals surface area (Å²) in [5.41, 5.74) is 2.85. The molecular weight excluding hydrogens is 465 g/mol. The predicted molar refractivity (Wildman–Crippen MR) is 128 cm³/mol. The molecule has 2 heterocycles. The summed E-state index contributed by atoms with van der Waals surface area (Å²) in [7, 11) is 0. The number of ether oxygens (including phenoxy) is 1. The normalized spacial score (nSPS) is 19.9. The van der Waals surface area contributed by atoms with Gasteiger partial charge < -0.3 is 20.3 Å². The fraction of sp³-hybridized carbons (Fsp3) is 0.667. The Hall–Kier alpha value is -1.06. The Kier molecular flexibility index (Phi) is 10.4. The standard InChI is InChI=1S/C21H35N5O.HI/c1-3-22-21(23-9-6-11-25-13-15-27-16-14-25)24-10-12-26-18(2)17-19-7-4-5-8-20(19)26;/h4-5,7-8,18H,3,6,9-17H2,1-2H3,(H2,22,23,24);1H. The van der Waals surface area contributed by atoms with Gasteiger partial charge in [0.2, 0.25) is 0 Å². The molecule has 1 saturated heterocycles. The molecule has 6 nitrogen and oxygen atoms in total. The maximum Gasteiger partial charge on any atom is 0.191 e. The number of fused-ring (bicyclic) bond motifs is 1. The number of hydrogen-bond acceptors (Lipinski definition) is 4. The van der Waals surface area contributed by atoms with Crippen LogP contribution in [0, 0.1) is 0 Å². The van der Waals surface area contributed by atoms with Crippen molar-refractivity contribution in [1.82, 2.24) is 15.5 Å². The van der Waals surface area contributed by atoms with Crippen molar-refractivity contribution in [2.75, 3.05) is 63.9 Å². The van der Waals surface area contributed by atoms with Crippen LogP contribution in [0.25, 0.3) is 0 Å². The number of rotatable bonds is 8. The smallest absolute Gasteiger partial charge is 0.191 e. The number of nitrogens with zero attached hydrogens (tertiary/aromatic N) is 3. The molecule has 0 bridgehead atoms. The minimum atomic E-state index is 0. The van der Waals surface area contributed by atoms with Gasteiger partial charge in [-0.25, -0.2) is 0 Å². The second-order valence-corrected chi connectivity index (χ2v) is 7.37. The van der Waals surface area contributed by atoms with Crippen LogP contribution in [0.1, 0.15) is 25.8 Å². The lowest BCUT2D eigenvalue weighted by atomic mass is 10.1. The van der Waals surface area contributed by atoms with Crippen molar-refractivity contribution in [2.45, 2.75) is 32.7 Å². The SMILES string of the molecule is CCNC(=NCCCN1CCOCC1)NCCN1c2ccccc2CC1C.I. The maximum absolute atomic E-state index is 5.40. The molecule has 158 valence electrons. The van der Waals surface area contributed by atoms with Crippen LogP contribution >= 0.6 is 24.0 Å². The summed E-state index contributed by atoms with van der Waals surface area (Å²) in [6, 6.07) is 9.33. The summed E-state index contributed by atoms with van der Waals surface area (Å²) in [6.45, 7) is 13.0. The third-order valence-electron chi connectivity index (χ3n) is 5.34. The Labute approximate surface area is 187 Å². The third-order valence-corrected chi connectivity index (χ3v) is 5.34. The van der Waals surface area contributed by atoms with Crippen LogP contribution in [0.3, 0.4) is 0 Å². The minimum absolute atomic E-state index is 0. The van der Waals surface area contributed by atoms with E-state index >= 15 is 0 Å². The van der Waals surface area contributed by atoms with Crippen molar-refractivity contribution < 1.29 is 4.74 Å². The fourth-order valence-corrected chi connectivity index (χ4v) is 3.92. The first-order valence-electron chi connectivity index (χ1n) is 10.4. The summed E-state index contributed by atoms with van der Waals surface area (Å²) < 4.78 is 5.40. The van der Waals surface area contributed by atoms with Gasteiger partial charge in [-0.05, 0) is 38.3 Å². The molecule has 0 saturated carbocycles. The van der Waals surface area contributed by atoms with E-state index in [1.165, 1.54) is 11.3 Å². The minimum Gasteiger partial charge on any atom is -0.379 e. The molecule has 0 aliphatic carbocycles. The number of hydrogen-bond donors (Lipinski definition) is 2. The first-order valence-corrected chi connectivity index (χ1v) is 10.4. The molecule has 7 heteroatoms. The molecule has 28 heavy (non-hydrogen) atoms. The molecule has 2 N–H and O–H groups in total. The molecule has 1 aromatic carbocycles. The Bertz CT molecular complexity index is 606. The molecule has 1 fully saturated rings. The Morgan fingerprint density at radius 2 is 1.96 bits per heavy atom. The van der Waals surface area contributed by atoms with Crippen LogP contribution < -0.4 is 15.5 Å². The van der Waals surface area contributed by atoms with Crippen molar-refractivity contribution in [1.29, 1.82) is 0 Å². The molecule has 1 atom stereocenters. The summed E-state index contributed by atoms with van der Waals surface area (Å²) >= 11 is 0. The molecule has 2 aliphatic heterocycles. The van der Waals surface area contributed by atoms with Gasteiger partial charge in [-0.15, -0.1) is 24.0 Å². The zero-order chi connectivity index (χ0) is 18.9. The maximum atomic E-state index is 5.40. The van der Waals surface area contributed by atoms with Gasteiger partial charge in [-0.2, -0.15) is 0 Å². The van der Waals surface area contributed by atoms with Crippen LogP contribution in [0.5, 0.6) is 0 Å². The summed E-state index contributed by atoms with van der Waals surface area (Å²) in [5, 5.41) is 6.86. The highest BCUT2D eigenvalue weighted by Crippen LogP contribution is 2.31. The van der Waals surface area contributed by atoms with E-state index in [2.05, 4.69) is 58.5 Å². The van der Waals surface area contributed by atoms with Crippen LogP contribution in [0.2, 0.25) is 0 Å². The average Bonchev–Trinajstić information content (AvgIpc) is 3.01. The topological polar surface area (TPSA) is 52.1 Å². The van der Waals surface area contributed by atoms with Crippen LogP contribution in [0.4, 0.5) is 5.69 Å². The quantitative estimate of drug-likeness (QED) is 0.248. The predicted octanol–water partition coefficient (Wildman–Crippen LogP) is 2.33. The van der Waals surface area contributed by atoms with Crippen molar-refractivity contribution in [3.8, 4) is 0 Å². The zero-order valence-electron chi connectivity index (χ0n) is 17.3. The van der Waals surface area contributed by atoms with Crippen molar-refractivity contribution in [3.63, 3.8) is 0 Å². The van der Waals surface area contributed by atoms with Gasteiger partial charge in [0.05, 0.1) is 13.2 Å². The zero-order valence-corrected chi connectivity index (χ0v) is 19.7. The van der Waals surface area contributed by atoms with Crippen LogP contribution in [-0.4, -0.2) is 75.9 Å². The van der Waals surface area contributed by atoms with Crippen molar-refractivity contribution in [2.24, 2.45) is 4.99 Å². The van der Waals surface area contributed by atoms with Crippen LogP contribution in [0.15, 0.2) is 29.3 Å². The number of morpholine rings is 1. The first-order chi connectivity index (χ1) is 13.3. The van der Waals surface area contributed by atoms with Gasteiger partial charge in [-0.3, -0.25) is 9.89 Å². The van der Waals surface area contributed by atoms with E-state index < -0.39 is 0 Å². The Morgan fingerprint density at radius 3 is 2.75 bits per heavy atom. The highest BCUT2D eigenvalue weighted by Gasteiger charge is 2.24. The van der Waals surface area contributed by atoms with Crippen LogP contribution in [-0.2, 0) is 11.2 Å². The first kappa shape index (κ1) is 23.2. The summed E-state index contributed by atoms with van der Waals surface area (Å²) in [4.78, 5) is 9.71. The number of halogens is 1. The Balaban J connectivity index is 0.00000280. The highest BCUT2D eigenvalue weighted by molar-refractivity contribution is 14.0.